The minimum atomic E-state index is -0.164. The Morgan fingerprint density at radius 3 is 2.04 bits per heavy atom. The fourth-order valence-electron chi connectivity index (χ4n) is 2.76. The first kappa shape index (κ1) is 19.7. The van der Waals surface area contributed by atoms with Gasteiger partial charge in [-0.15, -0.1) is 11.3 Å². The van der Waals surface area contributed by atoms with E-state index in [0.29, 0.717) is 33.1 Å². The van der Waals surface area contributed by atoms with Crippen molar-refractivity contribution in [3.05, 3.63) is 64.1 Å². The molecule has 0 fully saturated rings. The van der Waals surface area contributed by atoms with Gasteiger partial charge >= 0.3 is 0 Å². The lowest BCUT2D eigenvalue weighted by Gasteiger charge is -2.11. The van der Waals surface area contributed by atoms with E-state index in [1.165, 1.54) is 11.3 Å². The Labute approximate surface area is 173 Å². The summed E-state index contributed by atoms with van der Waals surface area (Å²) in [5.74, 6) is 0.186. The second-order valence-corrected chi connectivity index (χ2v) is 8.59. The van der Waals surface area contributed by atoms with Crippen molar-refractivity contribution in [2.24, 2.45) is 5.92 Å². The predicted octanol–water partition coefficient (Wildman–Crippen LogP) is 6.36. The zero-order valence-electron chi connectivity index (χ0n) is 15.1. The molecule has 27 heavy (non-hydrogen) atoms. The lowest BCUT2D eigenvalue weighted by atomic mass is 9.97. The molecule has 0 aliphatic carbocycles. The van der Waals surface area contributed by atoms with Gasteiger partial charge in [-0.05, 0) is 41.3 Å². The van der Waals surface area contributed by atoms with Gasteiger partial charge in [-0.1, -0.05) is 61.3 Å². The normalized spacial score (nSPS) is 11.0. The molecule has 140 valence electrons. The van der Waals surface area contributed by atoms with Gasteiger partial charge < -0.3 is 11.1 Å². The summed E-state index contributed by atoms with van der Waals surface area (Å²) < 4.78 is 0. The molecule has 1 amide bonds. The van der Waals surface area contributed by atoms with E-state index in [-0.39, 0.29) is 5.91 Å². The van der Waals surface area contributed by atoms with E-state index in [0.717, 1.165) is 21.6 Å². The number of nitrogens with two attached hydrogens (primary N) is 1. The van der Waals surface area contributed by atoms with Crippen LogP contribution in [0.4, 0.5) is 5.00 Å². The number of carbonyl (C=O) groups is 1. The lowest BCUT2D eigenvalue weighted by Crippen LogP contribution is -2.28. The molecule has 1 aromatic heterocycles. The topological polar surface area (TPSA) is 55.1 Å². The van der Waals surface area contributed by atoms with Crippen molar-refractivity contribution in [3.8, 4) is 21.6 Å². The van der Waals surface area contributed by atoms with Gasteiger partial charge in [-0.2, -0.15) is 0 Å². The molecule has 0 radical (unpaired) electrons. The fourth-order valence-corrected chi connectivity index (χ4v) is 4.10. The third-order valence-corrected chi connectivity index (χ3v) is 5.64. The fraction of sp³-hybridized carbons (Fsp3) is 0.190. The molecule has 0 saturated heterocycles. The van der Waals surface area contributed by atoms with Gasteiger partial charge in [0, 0.05) is 27.0 Å². The zero-order valence-corrected chi connectivity index (χ0v) is 17.4. The highest BCUT2D eigenvalue weighted by molar-refractivity contribution is 7.20. The summed E-state index contributed by atoms with van der Waals surface area (Å²) in [7, 11) is 0. The Kier molecular flexibility index (Phi) is 6.10. The highest BCUT2D eigenvalue weighted by Gasteiger charge is 2.24. The molecule has 3 N–H and O–H groups in total. The molecule has 0 atom stereocenters. The molecule has 0 bridgehead atoms. The smallest absolute Gasteiger partial charge is 0.254 e. The van der Waals surface area contributed by atoms with Crippen LogP contribution in [0, 0.1) is 5.92 Å². The number of halogens is 2. The highest BCUT2D eigenvalue weighted by atomic mass is 35.5. The molecule has 0 spiro atoms. The van der Waals surface area contributed by atoms with E-state index in [1.807, 2.05) is 48.5 Å². The van der Waals surface area contributed by atoms with E-state index in [4.69, 9.17) is 28.9 Å². The Morgan fingerprint density at radius 1 is 1.00 bits per heavy atom. The summed E-state index contributed by atoms with van der Waals surface area (Å²) in [4.78, 5) is 13.8. The second kappa shape index (κ2) is 8.34. The molecule has 0 unspecified atom stereocenters. The third kappa shape index (κ3) is 4.46. The van der Waals surface area contributed by atoms with E-state index < -0.39 is 0 Å². The van der Waals surface area contributed by atoms with Crippen LogP contribution in [0.25, 0.3) is 21.6 Å². The third-order valence-electron chi connectivity index (χ3n) is 4.07. The maximum Gasteiger partial charge on any atom is 0.254 e. The molecule has 3 aromatic rings. The Hall–Kier alpha value is -2.01. The Morgan fingerprint density at radius 2 is 1.52 bits per heavy atom. The minimum absolute atomic E-state index is 0.164. The molecule has 0 aliphatic heterocycles. The molecule has 0 saturated carbocycles. The molecular weight excluding hydrogens is 399 g/mol. The van der Waals surface area contributed by atoms with Crippen molar-refractivity contribution < 1.29 is 4.79 Å². The molecule has 3 rings (SSSR count). The van der Waals surface area contributed by atoms with Crippen LogP contribution in [0.1, 0.15) is 24.2 Å². The summed E-state index contributed by atoms with van der Waals surface area (Å²) in [6.07, 6.45) is 0. The SMILES string of the molecule is CC(C)CNC(=O)c1c(N)sc(-c2ccc(Cl)cc2)c1-c1ccc(Cl)cc1. The van der Waals surface area contributed by atoms with Crippen LogP contribution in [0.15, 0.2) is 48.5 Å². The van der Waals surface area contributed by atoms with Gasteiger partial charge in [0.05, 0.1) is 10.6 Å². The number of hydrogen-bond acceptors (Lipinski definition) is 3. The molecule has 6 heteroatoms. The number of carbonyl (C=O) groups excluding carboxylic acids is 1. The number of thiophene rings is 1. The van der Waals surface area contributed by atoms with Crippen molar-refractivity contribution in [2.75, 3.05) is 12.3 Å². The number of anilines is 1. The van der Waals surface area contributed by atoms with Crippen molar-refractivity contribution >= 4 is 45.4 Å². The van der Waals surface area contributed by atoms with Crippen LogP contribution >= 0.6 is 34.5 Å². The van der Waals surface area contributed by atoms with Crippen LogP contribution < -0.4 is 11.1 Å². The van der Waals surface area contributed by atoms with Crippen LogP contribution in [0.5, 0.6) is 0 Å². The van der Waals surface area contributed by atoms with Gasteiger partial charge in [0.25, 0.3) is 5.91 Å². The summed E-state index contributed by atoms with van der Waals surface area (Å²) in [5.41, 5.74) is 9.47. The van der Waals surface area contributed by atoms with Gasteiger partial charge in [0.2, 0.25) is 0 Å². The van der Waals surface area contributed by atoms with Gasteiger partial charge in [0.15, 0.2) is 0 Å². The molecule has 3 nitrogen and oxygen atoms in total. The monoisotopic (exact) mass is 418 g/mol. The van der Waals surface area contributed by atoms with Crippen LogP contribution in [0.2, 0.25) is 10.0 Å². The number of amides is 1. The number of rotatable bonds is 5. The van der Waals surface area contributed by atoms with Crippen LogP contribution in [0.3, 0.4) is 0 Å². The number of benzene rings is 2. The zero-order chi connectivity index (χ0) is 19.6. The van der Waals surface area contributed by atoms with E-state index in [2.05, 4.69) is 19.2 Å². The first-order chi connectivity index (χ1) is 12.9. The number of nitrogen functional groups attached to an aromatic ring is 1. The van der Waals surface area contributed by atoms with Crippen molar-refractivity contribution in [2.45, 2.75) is 13.8 Å². The van der Waals surface area contributed by atoms with Crippen molar-refractivity contribution in [1.82, 2.24) is 5.32 Å². The largest absolute Gasteiger partial charge is 0.390 e. The Bertz CT molecular complexity index is 948. The summed E-state index contributed by atoms with van der Waals surface area (Å²) >= 11 is 13.5. The summed E-state index contributed by atoms with van der Waals surface area (Å²) in [6.45, 7) is 4.69. The summed E-state index contributed by atoms with van der Waals surface area (Å²) in [5, 5.41) is 4.77. The standard InChI is InChI=1S/C21H20Cl2N2OS/c1-12(2)11-25-21(26)18-17(13-3-7-15(22)8-4-13)19(27-20(18)24)14-5-9-16(23)10-6-14/h3-10,12H,11,24H2,1-2H3,(H,25,26). The quantitative estimate of drug-likeness (QED) is 0.506. The first-order valence-corrected chi connectivity index (χ1v) is 10.2. The first-order valence-electron chi connectivity index (χ1n) is 8.59. The second-order valence-electron chi connectivity index (χ2n) is 6.66. The molecule has 2 aromatic carbocycles. The summed E-state index contributed by atoms with van der Waals surface area (Å²) in [6, 6.07) is 15.0. The minimum Gasteiger partial charge on any atom is -0.390 e. The molecule has 1 heterocycles. The van der Waals surface area contributed by atoms with Gasteiger partial charge in [0.1, 0.15) is 0 Å². The maximum absolute atomic E-state index is 12.9. The maximum atomic E-state index is 12.9. The van der Waals surface area contributed by atoms with Crippen LogP contribution in [-0.2, 0) is 0 Å². The van der Waals surface area contributed by atoms with Crippen molar-refractivity contribution in [1.29, 1.82) is 0 Å². The van der Waals surface area contributed by atoms with E-state index in [1.54, 1.807) is 0 Å². The Balaban J connectivity index is 2.16. The highest BCUT2D eigenvalue weighted by Crippen LogP contribution is 2.45. The molecular formula is C21H20Cl2N2OS. The van der Waals surface area contributed by atoms with E-state index in [9.17, 15) is 4.79 Å². The average molecular weight is 419 g/mol. The van der Waals surface area contributed by atoms with E-state index >= 15 is 0 Å². The predicted molar refractivity (Wildman–Crippen MR) is 117 cm³/mol. The molecule has 0 aliphatic rings. The van der Waals surface area contributed by atoms with Crippen LogP contribution in [-0.4, -0.2) is 12.5 Å². The van der Waals surface area contributed by atoms with Crippen molar-refractivity contribution in [3.63, 3.8) is 0 Å². The number of hydrogen-bond donors (Lipinski definition) is 2. The van der Waals surface area contributed by atoms with Gasteiger partial charge in [-0.25, -0.2) is 0 Å². The average Bonchev–Trinajstić information content (AvgIpc) is 2.98. The lowest BCUT2D eigenvalue weighted by molar-refractivity contribution is 0.0951. The van der Waals surface area contributed by atoms with Gasteiger partial charge in [-0.3, -0.25) is 4.79 Å². The number of nitrogens with one attached hydrogen (secondary N) is 1.